The van der Waals surface area contributed by atoms with Gasteiger partial charge >= 0.3 is 0 Å². The third-order valence-corrected chi connectivity index (χ3v) is 2.59. The minimum Gasteiger partial charge on any atom is -0.500 e. The molecule has 0 aromatic heterocycles. The molecule has 1 unspecified atom stereocenters. The van der Waals surface area contributed by atoms with Crippen LogP contribution in [0, 0.1) is 11.3 Å². The van der Waals surface area contributed by atoms with E-state index in [9.17, 15) is 4.79 Å². The molecule has 0 saturated carbocycles. The summed E-state index contributed by atoms with van der Waals surface area (Å²) in [6, 6.07) is 1.79. The summed E-state index contributed by atoms with van der Waals surface area (Å²) in [4.78, 5) is 11.8. The van der Waals surface area contributed by atoms with Crippen LogP contribution in [0.25, 0.3) is 0 Å². The molecule has 5 nitrogen and oxygen atoms in total. The molecule has 17 heavy (non-hydrogen) atoms. The molecule has 0 rings (SSSR count). The maximum absolute atomic E-state index is 11.8. The summed E-state index contributed by atoms with van der Waals surface area (Å²) in [5.74, 6) is -0.473. The molecule has 0 aromatic rings. The van der Waals surface area contributed by atoms with Gasteiger partial charge in [0.05, 0.1) is 6.61 Å². The smallest absolute Gasteiger partial charge is 0.265 e. The normalized spacial score (nSPS) is 14.6. The first kappa shape index (κ1) is 15.5. The van der Waals surface area contributed by atoms with Gasteiger partial charge in [-0.2, -0.15) is 5.26 Å². The molecule has 0 radical (unpaired) electrons. The van der Waals surface area contributed by atoms with Gasteiger partial charge in [-0.1, -0.05) is 6.92 Å². The van der Waals surface area contributed by atoms with Gasteiger partial charge in [-0.15, -0.1) is 0 Å². The van der Waals surface area contributed by atoms with Crippen molar-refractivity contribution in [2.75, 3.05) is 13.2 Å². The molecule has 5 heteroatoms. The second-order valence-corrected chi connectivity index (χ2v) is 3.94. The Morgan fingerprint density at radius 1 is 1.59 bits per heavy atom. The van der Waals surface area contributed by atoms with Crippen LogP contribution in [0.15, 0.2) is 11.8 Å². The molecule has 0 spiro atoms. The summed E-state index contributed by atoms with van der Waals surface area (Å²) in [5, 5.41) is 20.5. The molecule has 0 fully saturated rings. The topological polar surface area (TPSA) is 82.3 Å². The summed E-state index contributed by atoms with van der Waals surface area (Å²) in [5.41, 5.74) is -0.571. The first-order valence-electron chi connectivity index (χ1n) is 5.68. The van der Waals surface area contributed by atoms with Gasteiger partial charge in [0.15, 0.2) is 5.57 Å². The Morgan fingerprint density at radius 2 is 2.24 bits per heavy atom. The van der Waals surface area contributed by atoms with E-state index < -0.39 is 11.4 Å². The van der Waals surface area contributed by atoms with E-state index >= 15 is 0 Å². The lowest BCUT2D eigenvalue weighted by Gasteiger charge is -2.28. The Kier molecular flexibility index (Phi) is 6.99. The van der Waals surface area contributed by atoms with Crippen LogP contribution in [0.1, 0.15) is 33.6 Å². The van der Waals surface area contributed by atoms with Gasteiger partial charge < -0.3 is 15.2 Å². The van der Waals surface area contributed by atoms with Gasteiger partial charge in [0.25, 0.3) is 5.91 Å². The predicted molar refractivity (Wildman–Crippen MR) is 63.9 cm³/mol. The SMILES string of the molecule is CCO/C=C(/C#N)C(=O)NC(C)(CC)CCO. The van der Waals surface area contributed by atoms with E-state index in [4.69, 9.17) is 15.1 Å². The Labute approximate surface area is 102 Å². The monoisotopic (exact) mass is 240 g/mol. The van der Waals surface area contributed by atoms with Crippen LogP contribution >= 0.6 is 0 Å². The number of carbonyl (C=O) groups excluding carboxylic acids is 1. The van der Waals surface area contributed by atoms with Crippen molar-refractivity contribution in [1.29, 1.82) is 5.26 Å². The number of hydrogen-bond acceptors (Lipinski definition) is 4. The molecule has 0 aliphatic carbocycles. The highest BCUT2D eigenvalue weighted by Gasteiger charge is 2.25. The summed E-state index contributed by atoms with van der Waals surface area (Å²) in [6.07, 6.45) is 2.28. The second kappa shape index (κ2) is 7.69. The number of ether oxygens (including phenoxy) is 1. The fourth-order valence-electron chi connectivity index (χ4n) is 1.21. The van der Waals surface area contributed by atoms with Gasteiger partial charge in [0.1, 0.15) is 12.3 Å². The Balaban J connectivity index is 4.65. The number of amides is 1. The number of nitrogens with one attached hydrogen (secondary N) is 1. The van der Waals surface area contributed by atoms with Crippen molar-refractivity contribution in [3.63, 3.8) is 0 Å². The first-order valence-corrected chi connectivity index (χ1v) is 5.68. The average Bonchev–Trinajstić information content (AvgIpc) is 2.30. The van der Waals surface area contributed by atoms with Gasteiger partial charge in [0, 0.05) is 12.1 Å². The first-order chi connectivity index (χ1) is 8.02. The van der Waals surface area contributed by atoms with E-state index in [1.54, 1.807) is 13.0 Å². The Hall–Kier alpha value is -1.54. The molecule has 0 aromatic carbocycles. The minimum atomic E-state index is -0.506. The highest BCUT2D eigenvalue weighted by atomic mass is 16.5. The molecule has 0 bridgehead atoms. The predicted octanol–water partition coefficient (Wildman–Crippen LogP) is 1.10. The zero-order chi connectivity index (χ0) is 13.3. The summed E-state index contributed by atoms with van der Waals surface area (Å²) in [7, 11) is 0. The second-order valence-electron chi connectivity index (χ2n) is 3.94. The third-order valence-electron chi connectivity index (χ3n) is 2.59. The van der Waals surface area contributed by atoms with Crippen LogP contribution in [0.5, 0.6) is 0 Å². The number of carbonyl (C=O) groups is 1. The van der Waals surface area contributed by atoms with E-state index in [-0.39, 0.29) is 12.2 Å². The number of aliphatic hydroxyl groups excluding tert-OH is 1. The number of nitriles is 1. The molecule has 0 aliphatic heterocycles. The number of nitrogens with zero attached hydrogens (tertiary/aromatic N) is 1. The molecule has 0 saturated heterocycles. The maximum atomic E-state index is 11.8. The molecule has 96 valence electrons. The van der Waals surface area contributed by atoms with Crippen LogP contribution in [0.4, 0.5) is 0 Å². The zero-order valence-electron chi connectivity index (χ0n) is 10.6. The van der Waals surface area contributed by atoms with Crippen molar-refractivity contribution < 1.29 is 14.6 Å². The Bertz CT molecular complexity index is 320. The van der Waals surface area contributed by atoms with Crippen molar-refractivity contribution in [2.24, 2.45) is 0 Å². The van der Waals surface area contributed by atoms with Gasteiger partial charge in [-0.25, -0.2) is 0 Å². The van der Waals surface area contributed by atoms with Crippen molar-refractivity contribution in [3.05, 3.63) is 11.8 Å². The minimum absolute atomic E-state index is 0.0122. The maximum Gasteiger partial charge on any atom is 0.265 e. The van der Waals surface area contributed by atoms with E-state index in [0.29, 0.717) is 19.4 Å². The number of aliphatic hydroxyl groups is 1. The molecular formula is C12H20N2O3. The van der Waals surface area contributed by atoms with E-state index in [1.807, 2.05) is 13.8 Å². The summed E-state index contributed by atoms with van der Waals surface area (Å²) < 4.78 is 4.92. The highest BCUT2D eigenvalue weighted by molar-refractivity contribution is 5.97. The third kappa shape index (κ3) is 5.36. The summed E-state index contributed by atoms with van der Waals surface area (Å²) >= 11 is 0. The van der Waals surface area contributed by atoms with Crippen LogP contribution in [-0.2, 0) is 9.53 Å². The van der Waals surface area contributed by atoms with E-state index in [1.165, 1.54) is 0 Å². The average molecular weight is 240 g/mol. The molecule has 0 heterocycles. The molecule has 2 N–H and O–H groups in total. The van der Waals surface area contributed by atoms with Crippen LogP contribution in [0.2, 0.25) is 0 Å². The lowest BCUT2D eigenvalue weighted by Crippen LogP contribution is -2.46. The van der Waals surface area contributed by atoms with E-state index in [0.717, 1.165) is 6.26 Å². The van der Waals surface area contributed by atoms with Crippen molar-refractivity contribution in [2.45, 2.75) is 39.2 Å². The Morgan fingerprint density at radius 3 is 2.65 bits per heavy atom. The van der Waals surface area contributed by atoms with Crippen molar-refractivity contribution >= 4 is 5.91 Å². The molecular weight excluding hydrogens is 220 g/mol. The lowest BCUT2D eigenvalue weighted by atomic mass is 9.94. The highest BCUT2D eigenvalue weighted by Crippen LogP contribution is 2.14. The number of hydrogen-bond donors (Lipinski definition) is 2. The van der Waals surface area contributed by atoms with Gasteiger partial charge in [-0.3, -0.25) is 4.79 Å². The van der Waals surface area contributed by atoms with E-state index in [2.05, 4.69) is 5.32 Å². The molecule has 0 aliphatic rings. The standard InChI is InChI=1S/C12H20N2O3/c1-4-12(3,6-7-15)14-11(16)10(8-13)9-17-5-2/h9,15H,4-7H2,1-3H3,(H,14,16)/b10-9-. The lowest BCUT2D eigenvalue weighted by molar-refractivity contribution is -0.119. The van der Waals surface area contributed by atoms with Gasteiger partial charge in [0.2, 0.25) is 0 Å². The fraction of sp³-hybridized carbons (Fsp3) is 0.667. The van der Waals surface area contributed by atoms with Crippen molar-refractivity contribution in [1.82, 2.24) is 5.32 Å². The molecule has 1 amide bonds. The molecule has 1 atom stereocenters. The van der Waals surface area contributed by atoms with Crippen LogP contribution in [0.3, 0.4) is 0 Å². The zero-order valence-corrected chi connectivity index (χ0v) is 10.6. The van der Waals surface area contributed by atoms with Crippen molar-refractivity contribution in [3.8, 4) is 6.07 Å². The number of rotatable bonds is 7. The quantitative estimate of drug-likeness (QED) is 0.396. The largest absolute Gasteiger partial charge is 0.500 e. The summed E-state index contributed by atoms with van der Waals surface area (Å²) in [6.45, 7) is 5.90. The van der Waals surface area contributed by atoms with Gasteiger partial charge in [-0.05, 0) is 26.7 Å². The fourth-order valence-corrected chi connectivity index (χ4v) is 1.21. The van der Waals surface area contributed by atoms with Crippen LogP contribution < -0.4 is 5.32 Å². The van der Waals surface area contributed by atoms with Crippen LogP contribution in [-0.4, -0.2) is 29.8 Å².